The number of hydrogen-bond donors (Lipinski definition) is 1. The second-order valence-electron chi connectivity index (χ2n) is 6.05. The second-order valence-corrected chi connectivity index (χ2v) is 6.05. The van der Waals surface area contributed by atoms with E-state index in [1.807, 2.05) is 13.0 Å². The summed E-state index contributed by atoms with van der Waals surface area (Å²) in [5.74, 6) is 1.40. The number of aromatic nitrogens is 2. The largest absolute Gasteiger partial charge is 0.367 e. The molecule has 2 aliphatic rings. The lowest BCUT2D eigenvalue weighted by Gasteiger charge is -2.31. The van der Waals surface area contributed by atoms with Gasteiger partial charge in [0.2, 0.25) is 0 Å². The molecule has 0 aromatic carbocycles. The van der Waals surface area contributed by atoms with Crippen molar-refractivity contribution in [2.24, 2.45) is 0 Å². The van der Waals surface area contributed by atoms with E-state index in [9.17, 15) is 0 Å². The molecular weight excluding hydrogens is 266 g/mol. The van der Waals surface area contributed by atoms with Crippen molar-refractivity contribution in [3.63, 3.8) is 0 Å². The minimum Gasteiger partial charge on any atom is -0.367 e. The van der Waals surface area contributed by atoms with Gasteiger partial charge in [0.05, 0.1) is 6.61 Å². The van der Waals surface area contributed by atoms with E-state index in [4.69, 9.17) is 9.47 Å². The van der Waals surface area contributed by atoms with Gasteiger partial charge in [-0.15, -0.1) is 0 Å². The van der Waals surface area contributed by atoms with E-state index >= 15 is 0 Å². The highest BCUT2D eigenvalue weighted by Gasteiger charge is 2.41. The summed E-state index contributed by atoms with van der Waals surface area (Å²) in [4.78, 5) is 8.82. The van der Waals surface area contributed by atoms with Crippen LogP contribution in [-0.4, -0.2) is 35.0 Å². The number of rotatable bonds is 4. The molecule has 1 aromatic heterocycles. The van der Waals surface area contributed by atoms with E-state index in [2.05, 4.69) is 22.2 Å². The second kappa shape index (κ2) is 6.28. The Hall–Kier alpha value is -1.20. The molecule has 1 aromatic rings. The van der Waals surface area contributed by atoms with Crippen molar-refractivity contribution in [1.29, 1.82) is 0 Å². The molecule has 116 valence electrons. The summed E-state index contributed by atoms with van der Waals surface area (Å²) < 4.78 is 12.1. The van der Waals surface area contributed by atoms with Crippen molar-refractivity contribution in [3.8, 4) is 0 Å². The monoisotopic (exact) mass is 291 g/mol. The third kappa shape index (κ3) is 3.52. The van der Waals surface area contributed by atoms with Crippen LogP contribution in [0.3, 0.4) is 0 Å². The van der Waals surface area contributed by atoms with Gasteiger partial charge < -0.3 is 14.8 Å². The minimum absolute atomic E-state index is 0.114. The molecule has 5 nitrogen and oxygen atoms in total. The maximum Gasteiger partial charge on any atom is 0.168 e. The van der Waals surface area contributed by atoms with Crippen LogP contribution < -0.4 is 5.32 Å². The van der Waals surface area contributed by atoms with Gasteiger partial charge in [-0.2, -0.15) is 0 Å². The molecule has 21 heavy (non-hydrogen) atoms. The maximum atomic E-state index is 6.17. The quantitative estimate of drug-likeness (QED) is 0.924. The number of aryl methyl sites for hydroxylation is 2. The molecular formula is C16H25N3O2. The van der Waals surface area contributed by atoms with Crippen LogP contribution in [0.15, 0.2) is 6.07 Å². The standard InChI is InChI=1S/C16H25N3O2/c1-3-13-9-15(19-12(2)18-13)17-10-14-11-20-16(21-14)7-5-4-6-8-16/h9,14H,3-8,10-11H2,1-2H3,(H,17,18,19). The van der Waals surface area contributed by atoms with E-state index < -0.39 is 0 Å². The number of nitrogens with zero attached hydrogens (tertiary/aromatic N) is 2. The molecule has 0 radical (unpaired) electrons. The molecule has 1 saturated heterocycles. The van der Waals surface area contributed by atoms with Gasteiger partial charge in [0, 0.05) is 31.1 Å². The van der Waals surface area contributed by atoms with Crippen LogP contribution >= 0.6 is 0 Å². The molecule has 5 heteroatoms. The minimum atomic E-state index is -0.291. The highest BCUT2D eigenvalue weighted by atomic mass is 16.7. The summed E-state index contributed by atoms with van der Waals surface area (Å²) in [5, 5.41) is 3.37. The van der Waals surface area contributed by atoms with Gasteiger partial charge in [-0.25, -0.2) is 9.97 Å². The molecule has 1 N–H and O–H groups in total. The zero-order chi connectivity index (χ0) is 14.7. The first-order chi connectivity index (χ1) is 10.2. The topological polar surface area (TPSA) is 56.3 Å². The number of hydrogen-bond acceptors (Lipinski definition) is 5. The van der Waals surface area contributed by atoms with Gasteiger partial charge in [0.15, 0.2) is 5.79 Å². The van der Waals surface area contributed by atoms with Gasteiger partial charge in [0.1, 0.15) is 17.7 Å². The number of nitrogens with one attached hydrogen (secondary N) is 1. The van der Waals surface area contributed by atoms with Gasteiger partial charge in [-0.3, -0.25) is 0 Å². The van der Waals surface area contributed by atoms with E-state index in [0.717, 1.165) is 43.1 Å². The summed E-state index contributed by atoms with van der Waals surface area (Å²) in [6.07, 6.45) is 6.84. The van der Waals surface area contributed by atoms with Crippen molar-refractivity contribution in [1.82, 2.24) is 9.97 Å². The van der Waals surface area contributed by atoms with Gasteiger partial charge >= 0.3 is 0 Å². The summed E-state index contributed by atoms with van der Waals surface area (Å²) in [6.45, 7) is 5.45. The average Bonchev–Trinajstić information content (AvgIpc) is 2.88. The summed E-state index contributed by atoms with van der Waals surface area (Å²) in [5.41, 5.74) is 1.07. The summed E-state index contributed by atoms with van der Waals surface area (Å²) >= 11 is 0. The fourth-order valence-corrected chi connectivity index (χ4v) is 3.19. The summed E-state index contributed by atoms with van der Waals surface area (Å²) in [7, 11) is 0. The lowest BCUT2D eigenvalue weighted by molar-refractivity contribution is -0.185. The molecule has 2 heterocycles. The van der Waals surface area contributed by atoms with Crippen LogP contribution in [0, 0.1) is 6.92 Å². The van der Waals surface area contributed by atoms with Crippen molar-refractivity contribution < 1.29 is 9.47 Å². The lowest BCUT2D eigenvalue weighted by atomic mass is 9.94. The molecule has 1 saturated carbocycles. The maximum absolute atomic E-state index is 6.17. The van der Waals surface area contributed by atoms with E-state index in [1.165, 1.54) is 19.3 Å². The first-order valence-electron chi connectivity index (χ1n) is 8.09. The fourth-order valence-electron chi connectivity index (χ4n) is 3.19. The van der Waals surface area contributed by atoms with Crippen LogP contribution in [0.1, 0.15) is 50.5 Å². The molecule has 2 fully saturated rings. The van der Waals surface area contributed by atoms with Crippen LogP contribution in [0.4, 0.5) is 5.82 Å². The Kier molecular flexibility index (Phi) is 4.40. The predicted molar refractivity (Wildman–Crippen MR) is 81.3 cm³/mol. The molecule has 1 unspecified atom stereocenters. The predicted octanol–water partition coefficient (Wildman–Crippen LogP) is 2.84. The Morgan fingerprint density at radius 1 is 1.29 bits per heavy atom. The Balaban J connectivity index is 1.55. The zero-order valence-corrected chi connectivity index (χ0v) is 13.0. The van der Waals surface area contributed by atoms with Crippen molar-refractivity contribution >= 4 is 5.82 Å². The van der Waals surface area contributed by atoms with Crippen molar-refractivity contribution in [3.05, 3.63) is 17.6 Å². The Labute approximate surface area is 126 Å². The van der Waals surface area contributed by atoms with Crippen LogP contribution in [0.5, 0.6) is 0 Å². The first-order valence-corrected chi connectivity index (χ1v) is 8.09. The number of anilines is 1. The lowest BCUT2D eigenvalue weighted by Crippen LogP contribution is -2.34. The smallest absolute Gasteiger partial charge is 0.168 e. The highest BCUT2D eigenvalue weighted by Crippen LogP contribution is 2.37. The van der Waals surface area contributed by atoms with Crippen molar-refractivity contribution in [2.75, 3.05) is 18.5 Å². The number of ether oxygens (including phenoxy) is 2. The normalized spacial score (nSPS) is 24.4. The third-order valence-corrected chi connectivity index (χ3v) is 4.29. The Bertz CT molecular complexity index is 486. The van der Waals surface area contributed by atoms with E-state index in [0.29, 0.717) is 6.61 Å². The van der Waals surface area contributed by atoms with Crippen LogP contribution in [0.2, 0.25) is 0 Å². The molecule has 1 atom stereocenters. The zero-order valence-electron chi connectivity index (χ0n) is 13.0. The molecule has 1 aliphatic heterocycles. The molecule has 1 spiro atoms. The van der Waals surface area contributed by atoms with E-state index in [1.54, 1.807) is 0 Å². The van der Waals surface area contributed by atoms with Crippen molar-refractivity contribution in [2.45, 2.75) is 64.3 Å². The molecule has 0 amide bonds. The van der Waals surface area contributed by atoms with Crippen LogP contribution in [-0.2, 0) is 15.9 Å². The fraction of sp³-hybridized carbons (Fsp3) is 0.750. The molecule has 1 aliphatic carbocycles. The van der Waals surface area contributed by atoms with E-state index in [-0.39, 0.29) is 11.9 Å². The Morgan fingerprint density at radius 2 is 2.10 bits per heavy atom. The summed E-state index contributed by atoms with van der Waals surface area (Å²) in [6, 6.07) is 2.01. The van der Waals surface area contributed by atoms with Gasteiger partial charge in [-0.1, -0.05) is 13.3 Å². The molecule has 3 rings (SSSR count). The van der Waals surface area contributed by atoms with Gasteiger partial charge in [0.25, 0.3) is 0 Å². The van der Waals surface area contributed by atoms with Gasteiger partial charge in [-0.05, 0) is 26.2 Å². The third-order valence-electron chi connectivity index (χ3n) is 4.29. The molecule has 0 bridgehead atoms. The van der Waals surface area contributed by atoms with Crippen LogP contribution in [0.25, 0.3) is 0 Å². The SMILES string of the molecule is CCc1cc(NCC2COC3(CCCCC3)O2)nc(C)n1. The first kappa shape index (κ1) is 14.7. The Morgan fingerprint density at radius 3 is 2.86 bits per heavy atom. The average molecular weight is 291 g/mol. The highest BCUT2D eigenvalue weighted by molar-refractivity contribution is 5.36.